The molecule has 1 aromatic heterocycles. The average molecular weight is 364 g/mol. The van der Waals surface area contributed by atoms with Gasteiger partial charge in [0.25, 0.3) is 0 Å². The van der Waals surface area contributed by atoms with Crippen molar-refractivity contribution in [1.29, 1.82) is 0 Å². The van der Waals surface area contributed by atoms with E-state index in [4.69, 9.17) is 13.9 Å². The average Bonchev–Trinajstić information content (AvgIpc) is 3.18. The fourth-order valence-corrected chi connectivity index (χ4v) is 3.24. The predicted octanol–water partition coefficient (Wildman–Crippen LogP) is 3.64. The highest BCUT2D eigenvalue weighted by Gasteiger charge is 2.24. The first-order valence-corrected chi connectivity index (χ1v) is 8.85. The first-order valence-electron chi connectivity index (χ1n) is 8.85. The first kappa shape index (κ1) is 17.1. The van der Waals surface area contributed by atoms with Gasteiger partial charge in [-0.3, -0.25) is 0 Å². The fourth-order valence-electron chi connectivity index (χ4n) is 3.24. The summed E-state index contributed by atoms with van der Waals surface area (Å²) in [6.07, 6.45) is 0.584. The fraction of sp³-hybridized carbons (Fsp3) is 0.238. The minimum Gasteiger partial charge on any atom is -0.493 e. The topological polar surface area (TPSA) is 73.1 Å². The normalized spacial score (nSPS) is 16.1. The summed E-state index contributed by atoms with van der Waals surface area (Å²) in [5.41, 5.74) is 5.50. The molecule has 6 heteroatoms. The highest BCUT2D eigenvalue weighted by molar-refractivity contribution is 6.03. The molecule has 0 saturated carbocycles. The Hall–Kier alpha value is -3.28. The molecule has 2 heterocycles. The number of nitrogens with one attached hydrogen (secondary N) is 1. The highest BCUT2D eigenvalue weighted by Crippen LogP contribution is 2.33. The van der Waals surface area contributed by atoms with E-state index in [2.05, 4.69) is 10.5 Å². The van der Waals surface area contributed by atoms with Gasteiger partial charge in [-0.25, -0.2) is 4.79 Å². The molecule has 138 valence electrons. The molecule has 1 atom stereocenters. The lowest BCUT2D eigenvalue weighted by Crippen LogP contribution is -2.14. The van der Waals surface area contributed by atoms with Gasteiger partial charge in [-0.1, -0.05) is 24.3 Å². The summed E-state index contributed by atoms with van der Waals surface area (Å²) in [5, 5.41) is 5.26. The Morgan fingerprint density at radius 1 is 1.19 bits per heavy atom. The molecule has 3 aromatic rings. The van der Waals surface area contributed by atoms with E-state index in [1.807, 2.05) is 49.4 Å². The van der Waals surface area contributed by atoms with Crippen LogP contribution >= 0.6 is 0 Å². The van der Waals surface area contributed by atoms with Gasteiger partial charge in [0.15, 0.2) is 11.5 Å². The maximum absolute atomic E-state index is 12.4. The van der Waals surface area contributed by atoms with Crippen LogP contribution in [0.4, 0.5) is 0 Å². The molecule has 1 aliphatic heterocycles. The van der Waals surface area contributed by atoms with Crippen molar-refractivity contribution in [2.75, 3.05) is 13.7 Å². The number of hydrazone groups is 1. The quantitative estimate of drug-likeness (QED) is 0.700. The Labute approximate surface area is 156 Å². The van der Waals surface area contributed by atoms with Crippen LogP contribution in [0.5, 0.6) is 11.5 Å². The van der Waals surface area contributed by atoms with Gasteiger partial charge in [0.1, 0.15) is 5.58 Å². The van der Waals surface area contributed by atoms with Crippen molar-refractivity contribution in [2.45, 2.75) is 19.4 Å². The molecule has 0 fully saturated rings. The molecule has 0 radical (unpaired) electrons. The van der Waals surface area contributed by atoms with Gasteiger partial charge in [-0.05, 0) is 36.8 Å². The van der Waals surface area contributed by atoms with Gasteiger partial charge in [-0.2, -0.15) is 5.10 Å². The zero-order valence-electron chi connectivity index (χ0n) is 15.2. The van der Waals surface area contributed by atoms with Crippen molar-refractivity contribution in [3.8, 4) is 11.5 Å². The van der Waals surface area contributed by atoms with Gasteiger partial charge in [0.05, 0.1) is 31.0 Å². The maximum atomic E-state index is 12.4. The van der Waals surface area contributed by atoms with E-state index in [-0.39, 0.29) is 11.7 Å². The largest absolute Gasteiger partial charge is 0.493 e. The lowest BCUT2D eigenvalue weighted by atomic mass is 9.99. The number of rotatable bonds is 5. The van der Waals surface area contributed by atoms with E-state index in [1.54, 1.807) is 13.2 Å². The molecule has 27 heavy (non-hydrogen) atoms. The smallest absolute Gasteiger partial charge is 0.345 e. The van der Waals surface area contributed by atoms with Crippen molar-refractivity contribution < 1.29 is 13.9 Å². The number of fused-ring (bicyclic) bond motifs is 1. The molecular weight excluding hydrogens is 344 g/mol. The molecule has 6 nitrogen and oxygen atoms in total. The summed E-state index contributed by atoms with van der Waals surface area (Å²) >= 11 is 0. The van der Waals surface area contributed by atoms with Gasteiger partial charge >= 0.3 is 5.63 Å². The third-order valence-electron chi connectivity index (χ3n) is 4.60. The molecule has 0 amide bonds. The van der Waals surface area contributed by atoms with Crippen molar-refractivity contribution >= 4 is 16.7 Å². The molecule has 0 saturated heterocycles. The van der Waals surface area contributed by atoms with Gasteiger partial charge < -0.3 is 19.3 Å². The summed E-state index contributed by atoms with van der Waals surface area (Å²) < 4.78 is 16.4. The van der Waals surface area contributed by atoms with Crippen LogP contribution < -0.4 is 20.5 Å². The van der Waals surface area contributed by atoms with Crippen LogP contribution in [0.15, 0.2) is 62.8 Å². The summed E-state index contributed by atoms with van der Waals surface area (Å²) in [6, 6.07) is 15.0. The maximum Gasteiger partial charge on any atom is 0.345 e. The zero-order chi connectivity index (χ0) is 18.8. The minimum atomic E-state index is -0.376. The van der Waals surface area contributed by atoms with Crippen LogP contribution in [-0.2, 0) is 0 Å². The van der Waals surface area contributed by atoms with Crippen LogP contribution in [0.3, 0.4) is 0 Å². The minimum absolute atomic E-state index is 0.0459. The predicted molar refractivity (Wildman–Crippen MR) is 104 cm³/mol. The Morgan fingerprint density at radius 3 is 2.85 bits per heavy atom. The molecule has 1 aliphatic rings. The lowest BCUT2D eigenvalue weighted by molar-refractivity contribution is 0.310. The van der Waals surface area contributed by atoms with Gasteiger partial charge in [0.2, 0.25) is 0 Å². The number of para-hydroxylation sites is 1. The Balaban J connectivity index is 1.60. The monoisotopic (exact) mass is 364 g/mol. The molecule has 0 aliphatic carbocycles. The summed E-state index contributed by atoms with van der Waals surface area (Å²) in [7, 11) is 1.62. The molecular formula is C21H20N2O4. The Kier molecular flexibility index (Phi) is 4.54. The summed E-state index contributed by atoms with van der Waals surface area (Å²) in [6.45, 7) is 2.50. The zero-order valence-corrected chi connectivity index (χ0v) is 15.2. The molecule has 1 N–H and O–H groups in total. The van der Waals surface area contributed by atoms with E-state index >= 15 is 0 Å². The van der Waals surface area contributed by atoms with Crippen LogP contribution in [0.25, 0.3) is 11.0 Å². The standard InChI is InChI=1S/C21H20N2O4/c1-3-26-19-9-8-13(11-20(19)25-2)16-12-17(23-22-16)15-10-14-6-4-5-7-18(14)27-21(15)24/h4-11,16,22H,3,12H2,1-2H3. The third-order valence-corrected chi connectivity index (χ3v) is 4.60. The molecule has 1 unspecified atom stereocenters. The van der Waals surface area contributed by atoms with E-state index < -0.39 is 0 Å². The number of benzene rings is 2. The van der Waals surface area contributed by atoms with Crippen LogP contribution in [0.1, 0.15) is 30.5 Å². The molecule has 0 bridgehead atoms. The van der Waals surface area contributed by atoms with E-state index in [0.29, 0.717) is 41.4 Å². The lowest BCUT2D eigenvalue weighted by Gasteiger charge is -2.14. The highest BCUT2D eigenvalue weighted by atomic mass is 16.5. The SMILES string of the molecule is CCOc1ccc(C2CC(c3cc4ccccc4oc3=O)=NN2)cc1OC. The molecule has 2 aromatic carbocycles. The summed E-state index contributed by atoms with van der Waals surface area (Å²) in [4.78, 5) is 12.4. The van der Waals surface area contributed by atoms with Gasteiger partial charge in [-0.15, -0.1) is 0 Å². The number of ether oxygens (including phenoxy) is 2. The Bertz CT molecular complexity index is 1070. The third kappa shape index (κ3) is 3.26. The summed E-state index contributed by atoms with van der Waals surface area (Å²) in [5.74, 6) is 1.38. The van der Waals surface area contributed by atoms with Crippen LogP contribution in [0, 0.1) is 0 Å². The number of methoxy groups -OCH3 is 1. The number of hydrogen-bond donors (Lipinski definition) is 1. The second-order valence-electron chi connectivity index (χ2n) is 6.27. The molecule has 0 spiro atoms. The number of nitrogens with zero attached hydrogens (tertiary/aromatic N) is 1. The van der Waals surface area contributed by atoms with E-state index in [9.17, 15) is 4.79 Å². The Morgan fingerprint density at radius 2 is 2.04 bits per heavy atom. The van der Waals surface area contributed by atoms with E-state index in [1.165, 1.54) is 0 Å². The second kappa shape index (κ2) is 7.15. The second-order valence-corrected chi connectivity index (χ2v) is 6.27. The van der Waals surface area contributed by atoms with Crippen molar-refractivity contribution in [1.82, 2.24) is 5.43 Å². The van der Waals surface area contributed by atoms with E-state index in [0.717, 1.165) is 10.9 Å². The van der Waals surface area contributed by atoms with Crippen molar-refractivity contribution in [3.63, 3.8) is 0 Å². The first-order chi connectivity index (χ1) is 13.2. The number of hydrogen-bond acceptors (Lipinski definition) is 6. The van der Waals surface area contributed by atoms with Crippen LogP contribution in [-0.4, -0.2) is 19.4 Å². The molecule has 4 rings (SSSR count). The van der Waals surface area contributed by atoms with Crippen LogP contribution in [0.2, 0.25) is 0 Å². The van der Waals surface area contributed by atoms with Gasteiger partial charge in [0, 0.05) is 11.8 Å². The van der Waals surface area contributed by atoms with Crippen molar-refractivity contribution in [2.24, 2.45) is 5.10 Å². The van der Waals surface area contributed by atoms with Crippen molar-refractivity contribution in [3.05, 3.63) is 70.1 Å².